The molecule has 10 heteroatoms. The second-order valence-corrected chi connectivity index (χ2v) is 10.9. The molecule has 3 rings (SSSR count). The SMILES string of the molecule is CC1(C)C(N)=N[C@](C)(c2cc(CC(=O)c3ccc(Cl)cn3)cc(F)c2F)CS1(=O)=O. The lowest BCUT2D eigenvalue weighted by molar-refractivity contribution is 0.0988. The zero-order valence-electron chi connectivity index (χ0n) is 16.5. The van der Waals surface area contributed by atoms with Crippen LogP contribution in [0, 0.1) is 11.6 Å². The highest BCUT2D eigenvalue weighted by molar-refractivity contribution is 7.93. The molecule has 0 unspecified atom stereocenters. The summed E-state index contributed by atoms with van der Waals surface area (Å²) in [5, 5.41) is 0.353. The first-order chi connectivity index (χ1) is 13.8. The highest BCUT2D eigenvalue weighted by Crippen LogP contribution is 2.38. The number of pyridine rings is 1. The smallest absolute Gasteiger partial charge is 0.185 e. The molecule has 2 N–H and O–H groups in total. The van der Waals surface area contributed by atoms with Crippen LogP contribution >= 0.6 is 11.6 Å². The van der Waals surface area contributed by atoms with Crippen LogP contribution in [0.5, 0.6) is 0 Å². The lowest BCUT2D eigenvalue weighted by Crippen LogP contribution is -2.55. The van der Waals surface area contributed by atoms with Crippen LogP contribution in [0.4, 0.5) is 8.78 Å². The molecule has 1 atom stereocenters. The van der Waals surface area contributed by atoms with Crippen molar-refractivity contribution in [1.29, 1.82) is 0 Å². The Bertz CT molecular complexity index is 1160. The van der Waals surface area contributed by atoms with Crippen molar-refractivity contribution in [2.45, 2.75) is 37.5 Å². The predicted octanol–water partition coefficient (Wildman–Crippen LogP) is 3.22. The zero-order chi connectivity index (χ0) is 22.5. The van der Waals surface area contributed by atoms with Crippen LogP contribution < -0.4 is 5.73 Å². The van der Waals surface area contributed by atoms with Crippen LogP contribution in [0.2, 0.25) is 5.02 Å². The molecule has 1 aromatic heterocycles. The number of hydrogen-bond acceptors (Lipinski definition) is 6. The molecule has 2 heterocycles. The molecule has 0 radical (unpaired) electrons. The summed E-state index contributed by atoms with van der Waals surface area (Å²) in [7, 11) is -3.81. The fourth-order valence-corrected chi connectivity index (χ4v) is 5.03. The van der Waals surface area contributed by atoms with Crippen LogP contribution in [0.15, 0.2) is 35.5 Å². The number of sulfone groups is 1. The van der Waals surface area contributed by atoms with E-state index in [2.05, 4.69) is 9.98 Å². The lowest BCUT2D eigenvalue weighted by Gasteiger charge is -2.38. The third kappa shape index (κ3) is 3.83. The Morgan fingerprint density at radius 2 is 1.90 bits per heavy atom. The molecule has 0 spiro atoms. The van der Waals surface area contributed by atoms with Crippen molar-refractivity contribution in [1.82, 2.24) is 4.98 Å². The summed E-state index contributed by atoms with van der Waals surface area (Å²) in [5.41, 5.74) is 4.23. The van der Waals surface area contributed by atoms with Gasteiger partial charge in [0.05, 0.1) is 10.8 Å². The third-order valence-corrected chi connectivity index (χ3v) is 8.21. The minimum atomic E-state index is -3.81. The number of ketones is 1. The molecule has 0 aliphatic carbocycles. The van der Waals surface area contributed by atoms with Gasteiger partial charge in [-0.2, -0.15) is 0 Å². The van der Waals surface area contributed by atoms with Crippen molar-refractivity contribution in [3.05, 3.63) is 63.9 Å². The molecule has 0 saturated heterocycles. The van der Waals surface area contributed by atoms with E-state index >= 15 is 0 Å². The number of Topliss-reactive ketones (excluding diaryl/α,β-unsaturated/α-hetero) is 1. The molecule has 1 aliphatic heterocycles. The van der Waals surface area contributed by atoms with E-state index in [1.807, 2.05) is 0 Å². The molecular weight excluding hydrogens is 436 g/mol. The maximum Gasteiger partial charge on any atom is 0.185 e. The number of carbonyl (C=O) groups is 1. The summed E-state index contributed by atoms with van der Waals surface area (Å²) in [5.74, 6) is -3.63. The number of carbonyl (C=O) groups excluding carboxylic acids is 1. The standard InChI is InChI=1S/C20H20ClF2N3O3S/c1-19(2)18(24)26-20(3,10-30(19,28)29)13-6-11(7-14(22)17(13)23)8-16(27)15-5-4-12(21)9-25-15/h4-7,9H,8,10H2,1-3H3,(H2,24,26)/t20-/m0/s1. The number of hydrogen-bond donors (Lipinski definition) is 1. The van der Waals surface area contributed by atoms with Crippen molar-refractivity contribution in [2.24, 2.45) is 10.7 Å². The Labute approximate surface area is 178 Å². The molecule has 0 fully saturated rings. The highest BCUT2D eigenvalue weighted by Gasteiger charge is 2.49. The molecule has 6 nitrogen and oxygen atoms in total. The number of benzene rings is 1. The Hall–Kier alpha value is -2.39. The lowest BCUT2D eigenvalue weighted by atomic mass is 9.90. The largest absolute Gasteiger partial charge is 0.386 e. The second kappa shape index (κ2) is 7.39. The van der Waals surface area contributed by atoms with Gasteiger partial charge in [-0.05, 0) is 50.6 Å². The van der Waals surface area contributed by atoms with Crippen molar-refractivity contribution < 1.29 is 22.0 Å². The van der Waals surface area contributed by atoms with Gasteiger partial charge in [0.25, 0.3) is 0 Å². The average molecular weight is 456 g/mol. The van der Waals surface area contributed by atoms with Crippen LogP contribution in [-0.4, -0.2) is 35.5 Å². The number of halogens is 3. The summed E-state index contributed by atoms with van der Waals surface area (Å²) in [6.45, 7) is 4.19. The van der Waals surface area contributed by atoms with Crippen molar-refractivity contribution in [2.75, 3.05) is 5.75 Å². The van der Waals surface area contributed by atoms with Gasteiger partial charge in [-0.3, -0.25) is 14.8 Å². The predicted molar refractivity (Wildman–Crippen MR) is 110 cm³/mol. The summed E-state index contributed by atoms with van der Waals surface area (Å²) in [4.78, 5) is 20.6. The quantitative estimate of drug-likeness (QED) is 0.713. The molecule has 0 bridgehead atoms. The zero-order valence-corrected chi connectivity index (χ0v) is 18.1. The minimum absolute atomic E-state index is 0.112. The van der Waals surface area contributed by atoms with Crippen molar-refractivity contribution in [3.63, 3.8) is 0 Å². The van der Waals surface area contributed by atoms with E-state index in [0.29, 0.717) is 5.02 Å². The second-order valence-electron chi connectivity index (χ2n) is 7.94. The summed E-state index contributed by atoms with van der Waals surface area (Å²) >= 11 is 5.75. The van der Waals surface area contributed by atoms with Gasteiger partial charge < -0.3 is 5.73 Å². The minimum Gasteiger partial charge on any atom is -0.386 e. The molecule has 1 aliphatic rings. The van der Waals surface area contributed by atoms with Crippen molar-refractivity contribution >= 4 is 33.1 Å². The number of amidine groups is 1. The number of aliphatic imine (C=N–C) groups is 1. The van der Waals surface area contributed by atoms with Crippen LogP contribution in [0.1, 0.15) is 42.4 Å². The molecule has 0 amide bonds. The molecule has 1 aromatic carbocycles. The van der Waals surface area contributed by atoms with E-state index in [4.69, 9.17) is 17.3 Å². The Balaban J connectivity index is 2.05. The van der Waals surface area contributed by atoms with Gasteiger partial charge in [0.2, 0.25) is 0 Å². The number of nitrogens with two attached hydrogens (primary N) is 1. The first kappa shape index (κ1) is 22.3. The molecule has 160 valence electrons. The van der Waals surface area contributed by atoms with E-state index in [1.165, 1.54) is 45.2 Å². The Kier molecular flexibility index (Phi) is 5.49. The van der Waals surface area contributed by atoms with Gasteiger partial charge in [0.15, 0.2) is 27.3 Å². The van der Waals surface area contributed by atoms with Gasteiger partial charge in [0, 0.05) is 18.2 Å². The van der Waals surface area contributed by atoms with Crippen LogP contribution in [0.3, 0.4) is 0 Å². The van der Waals surface area contributed by atoms with Crippen molar-refractivity contribution in [3.8, 4) is 0 Å². The molecule has 0 saturated carbocycles. The highest BCUT2D eigenvalue weighted by atomic mass is 35.5. The third-order valence-electron chi connectivity index (χ3n) is 5.28. The summed E-state index contributed by atoms with van der Waals surface area (Å²) < 4.78 is 53.1. The number of rotatable bonds is 4. The number of aromatic nitrogens is 1. The van der Waals surface area contributed by atoms with Gasteiger partial charge in [-0.25, -0.2) is 17.2 Å². The molecule has 30 heavy (non-hydrogen) atoms. The van der Waals surface area contributed by atoms with Crippen LogP contribution in [-0.2, 0) is 21.8 Å². The van der Waals surface area contributed by atoms with E-state index in [1.54, 1.807) is 0 Å². The van der Waals surface area contributed by atoms with E-state index < -0.39 is 43.3 Å². The maximum atomic E-state index is 14.7. The van der Waals surface area contributed by atoms with Crippen LogP contribution in [0.25, 0.3) is 0 Å². The first-order valence-electron chi connectivity index (χ1n) is 8.98. The monoisotopic (exact) mass is 455 g/mol. The van der Waals surface area contributed by atoms with E-state index in [0.717, 1.165) is 6.07 Å². The Morgan fingerprint density at radius 1 is 1.23 bits per heavy atom. The number of nitrogens with zero attached hydrogens (tertiary/aromatic N) is 2. The van der Waals surface area contributed by atoms with Gasteiger partial charge in [0.1, 0.15) is 21.8 Å². The van der Waals surface area contributed by atoms with Gasteiger partial charge in [-0.15, -0.1) is 0 Å². The van der Waals surface area contributed by atoms with E-state index in [-0.39, 0.29) is 29.1 Å². The Morgan fingerprint density at radius 3 is 2.47 bits per heavy atom. The summed E-state index contributed by atoms with van der Waals surface area (Å²) in [6.07, 6.45) is 1.03. The fraction of sp³-hybridized carbons (Fsp3) is 0.350. The van der Waals surface area contributed by atoms with Gasteiger partial charge >= 0.3 is 0 Å². The topological polar surface area (TPSA) is 102 Å². The summed E-state index contributed by atoms with van der Waals surface area (Å²) in [6, 6.07) is 5.06. The fourth-order valence-electron chi connectivity index (χ4n) is 3.24. The molecule has 2 aromatic rings. The average Bonchev–Trinajstić information content (AvgIpc) is 2.63. The molecular formula is C20H20ClF2N3O3S. The van der Waals surface area contributed by atoms with Gasteiger partial charge in [-0.1, -0.05) is 11.6 Å². The maximum absolute atomic E-state index is 14.7. The normalized spacial score (nSPS) is 22.4. The van der Waals surface area contributed by atoms with E-state index in [9.17, 15) is 22.0 Å². The first-order valence-corrected chi connectivity index (χ1v) is 11.0.